The Morgan fingerprint density at radius 2 is 1.83 bits per heavy atom. The van der Waals surface area contributed by atoms with Crippen molar-refractivity contribution in [2.75, 3.05) is 0 Å². The van der Waals surface area contributed by atoms with Crippen molar-refractivity contribution in [3.05, 3.63) is 35.4 Å². The van der Waals surface area contributed by atoms with E-state index in [9.17, 15) is 9.90 Å². The Balaban J connectivity index is 3.09. The summed E-state index contributed by atoms with van der Waals surface area (Å²) in [6.45, 7) is 6.20. The quantitative estimate of drug-likeness (QED) is 0.654. The Labute approximate surface area is 108 Å². The molecule has 1 unspecified atom stereocenters. The molecule has 1 rings (SSSR count). The van der Waals surface area contributed by atoms with Gasteiger partial charge in [0, 0.05) is 0 Å². The lowest BCUT2D eigenvalue weighted by Gasteiger charge is -2.08. The molecule has 0 aliphatic rings. The summed E-state index contributed by atoms with van der Waals surface area (Å²) in [5.74, 6) is 1.07. The molecule has 18 heavy (non-hydrogen) atoms. The first kappa shape index (κ1) is 14.0. The Morgan fingerprint density at radius 1 is 1.28 bits per heavy atom. The monoisotopic (exact) mass is 257 g/mol. The van der Waals surface area contributed by atoms with Gasteiger partial charge in [-0.3, -0.25) is 4.79 Å². The Hall–Kier alpha value is -2.04. The zero-order valence-corrected chi connectivity index (χ0v) is 11.7. The van der Waals surface area contributed by atoms with Crippen LogP contribution in [0.15, 0.2) is 24.3 Å². The standard InChI is InChI=1S/C14H15NO2Si/c1-18(2,3)9-8-13(14(16)17)12-6-4-11(10-15)5-7-12/h4-7,13H,1-3H3,(H,16,17). The van der Waals surface area contributed by atoms with Crippen LogP contribution in [0.5, 0.6) is 0 Å². The zero-order chi connectivity index (χ0) is 13.8. The number of hydrogen-bond donors (Lipinski definition) is 1. The molecule has 1 atom stereocenters. The van der Waals surface area contributed by atoms with Crippen molar-refractivity contribution in [3.63, 3.8) is 0 Å². The Morgan fingerprint density at radius 3 is 2.22 bits per heavy atom. The number of nitrogens with zero attached hydrogens (tertiary/aromatic N) is 1. The van der Waals surface area contributed by atoms with Crippen molar-refractivity contribution >= 4 is 14.0 Å². The summed E-state index contributed by atoms with van der Waals surface area (Å²) >= 11 is 0. The predicted molar refractivity (Wildman–Crippen MR) is 72.7 cm³/mol. The number of aliphatic carboxylic acids is 1. The predicted octanol–water partition coefficient (Wildman–Crippen LogP) is 2.61. The van der Waals surface area contributed by atoms with Gasteiger partial charge >= 0.3 is 5.97 Å². The summed E-state index contributed by atoms with van der Waals surface area (Å²) in [4.78, 5) is 11.2. The SMILES string of the molecule is C[Si](C)(C)C#CC(C(=O)O)c1ccc(C#N)cc1. The van der Waals surface area contributed by atoms with Crippen LogP contribution in [0.1, 0.15) is 17.0 Å². The van der Waals surface area contributed by atoms with Crippen LogP contribution in [0.25, 0.3) is 0 Å². The zero-order valence-electron chi connectivity index (χ0n) is 10.7. The van der Waals surface area contributed by atoms with Gasteiger partial charge in [-0.15, -0.1) is 5.54 Å². The molecule has 0 spiro atoms. The molecule has 0 saturated heterocycles. The maximum absolute atomic E-state index is 11.2. The van der Waals surface area contributed by atoms with Crippen molar-refractivity contribution in [1.29, 1.82) is 5.26 Å². The van der Waals surface area contributed by atoms with Crippen LogP contribution >= 0.6 is 0 Å². The molecule has 0 aliphatic heterocycles. The van der Waals surface area contributed by atoms with Crippen LogP contribution in [0, 0.1) is 22.8 Å². The fourth-order valence-electron chi connectivity index (χ4n) is 1.33. The summed E-state index contributed by atoms with van der Waals surface area (Å²) in [6, 6.07) is 8.53. The van der Waals surface area contributed by atoms with Crippen LogP contribution in [0.3, 0.4) is 0 Å². The topological polar surface area (TPSA) is 61.1 Å². The highest BCUT2D eigenvalue weighted by Gasteiger charge is 2.18. The average Bonchev–Trinajstić information content (AvgIpc) is 2.28. The summed E-state index contributed by atoms with van der Waals surface area (Å²) in [7, 11) is -1.59. The molecule has 0 aromatic heterocycles. The van der Waals surface area contributed by atoms with Gasteiger partial charge in [-0.2, -0.15) is 5.26 Å². The number of rotatable bonds is 2. The Kier molecular flexibility index (Phi) is 4.31. The Bertz CT molecular complexity index is 538. The summed E-state index contributed by atoms with van der Waals surface area (Å²) in [5.41, 5.74) is 4.21. The fourth-order valence-corrected chi connectivity index (χ4v) is 1.90. The third-order valence-electron chi connectivity index (χ3n) is 2.21. The van der Waals surface area contributed by atoms with Crippen LogP contribution in [-0.2, 0) is 4.79 Å². The van der Waals surface area contributed by atoms with Gasteiger partial charge in [0.1, 0.15) is 14.0 Å². The van der Waals surface area contributed by atoms with Crippen LogP contribution in [-0.4, -0.2) is 19.1 Å². The highest BCUT2D eigenvalue weighted by Crippen LogP contribution is 2.16. The van der Waals surface area contributed by atoms with Gasteiger partial charge in [0.15, 0.2) is 0 Å². The second kappa shape index (κ2) is 5.53. The first-order valence-corrected chi connectivity index (χ1v) is 9.09. The largest absolute Gasteiger partial charge is 0.480 e. The van der Waals surface area contributed by atoms with E-state index in [0.29, 0.717) is 11.1 Å². The molecule has 0 bridgehead atoms. The molecule has 92 valence electrons. The number of benzene rings is 1. The minimum atomic E-state index is -1.59. The molecule has 0 radical (unpaired) electrons. The van der Waals surface area contributed by atoms with E-state index >= 15 is 0 Å². The molecular formula is C14H15NO2Si. The smallest absolute Gasteiger partial charge is 0.323 e. The maximum Gasteiger partial charge on any atom is 0.323 e. The lowest BCUT2D eigenvalue weighted by atomic mass is 9.99. The second-order valence-corrected chi connectivity index (χ2v) is 9.77. The van der Waals surface area contributed by atoms with Gasteiger partial charge < -0.3 is 5.11 Å². The van der Waals surface area contributed by atoms with Gasteiger partial charge in [0.25, 0.3) is 0 Å². The van der Waals surface area contributed by atoms with Crippen molar-refractivity contribution in [1.82, 2.24) is 0 Å². The van der Waals surface area contributed by atoms with Crippen molar-refractivity contribution < 1.29 is 9.90 Å². The number of hydrogen-bond acceptors (Lipinski definition) is 2. The molecule has 0 heterocycles. The number of nitriles is 1. The van der Waals surface area contributed by atoms with Crippen LogP contribution < -0.4 is 0 Å². The highest BCUT2D eigenvalue weighted by molar-refractivity contribution is 6.83. The van der Waals surface area contributed by atoms with E-state index < -0.39 is 20.0 Å². The van der Waals surface area contributed by atoms with Crippen LogP contribution in [0.4, 0.5) is 0 Å². The molecular weight excluding hydrogens is 242 g/mol. The molecule has 0 fully saturated rings. The van der Waals surface area contributed by atoms with Crippen molar-refractivity contribution in [2.24, 2.45) is 0 Å². The summed E-state index contributed by atoms with van der Waals surface area (Å²) in [6.07, 6.45) is 0. The third-order valence-corrected chi connectivity index (χ3v) is 3.11. The lowest BCUT2D eigenvalue weighted by Crippen LogP contribution is -2.18. The van der Waals surface area contributed by atoms with E-state index in [1.165, 1.54) is 0 Å². The molecule has 0 saturated carbocycles. The summed E-state index contributed by atoms with van der Waals surface area (Å²) < 4.78 is 0. The average molecular weight is 257 g/mol. The third kappa shape index (κ3) is 4.08. The van der Waals surface area contributed by atoms with E-state index in [0.717, 1.165) is 0 Å². The van der Waals surface area contributed by atoms with Gasteiger partial charge in [0.2, 0.25) is 0 Å². The minimum absolute atomic E-state index is 0.515. The normalized spacial score (nSPS) is 11.9. The van der Waals surface area contributed by atoms with E-state index in [1.54, 1.807) is 24.3 Å². The van der Waals surface area contributed by atoms with Crippen molar-refractivity contribution in [2.45, 2.75) is 25.6 Å². The molecule has 0 amide bonds. The number of carboxylic acids is 1. The van der Waals surface area contributed by atoms with Gasteiger partial charge in [-0.1, -0.05) is 37.7 Å². The van der Waals surface area contributed by atoms with E-state index in [2.05, 4.69) is 31.1 Å². The van der Waals surface area contributed by atoms with Crippen molar-refractivity contribution in [3.8, 4) is 17.5 Å². The molecule has 1 aromatic rings. The molecule has 0 aliphatic carbocycles. The molecule has 4 heteroatoms. The maximum atomic E-state index is 11.2. The first-order chi connectivity index (χ1) is 8.33. The number of carboxylic acid groups (broad SMARTS) is 1. The highest BCUT2D eigenvalue weighted by atomic mass is 28.3. The lowest BCUT2D eigenvalue weighted by molar-refractivity contribution is -0.137. The number of carbonyl (C=O) groups is 1. The van der Waals surface area contributed by atoms with E-state index in [4.69, 9.17) is 5.26 Å². The van der Waals surface area contributed by atoms with Crippen LogP contribution in [0.2, 0.25) is 19.6 Å². The van der Waals surface area contributed by atoms with E-state index in [1.807, 2.05) is 6.07 Å². The van der Waals surface area contributed by atoms with Gasteiger partial charge in [-0.25, -0.2) is 0 Å². The van der Waals surface area contributed by atoms with E-state index in [-0.39, 0.29) is 0 Å². The van der Waals surface area contributed by atoms with Gasteiger partial charge in [0.05, 0.1) is 11.6 Å². The first-order valence-electron chi connectivity index (χ1n) is 5.59. The fraction of sp³-hybridized carbons (Fsp3) is 0.286. The summed E-state index contributed by atoms with van der Waals surface area (Å²) in [5, 5.41) is 17.9. The molecule has 1 N–H and O–H groups in total. The van der Waals surface area contributed by atoms with Gasteiger partial charge in [-0.05, 0) is 17.7 Å². The molecule has 3 nitrogen and oxygen atoms in total. The minimum Gasteiger partial charge on any atom is -0.480 e. The second-order valence-electron chi connectivity index (χ2n) is 5.02. The molecule has 1 aromatic carbocycles.